The second kappa shape index (κ2) is 8.72. The Balaban J connectivity index is 1.76. The summed E-state index contributed by atoms with van der Waals surface area (Å²) in [6.45, 7) is 1.55. The molecular weight excluding hydrogens is 358 g/mol. The predicted octanol–water partition coefficient (Wildman–Crippen LogP) is 1.16. The van der Waals surface area contributed by atoms with Gasteiger partial charge in [-0.1, -0.05) is 24.3 Å². The molecule has 0 saturated heterocycles. The standard InChI is InChI=1S/C16H17N5O4S/c1-10(17-15(23)11-4-2-3-5-11)14(22)19-20-16(26)18-12-6-8-13(9-7-12)21(24)25/h2-11H,1H3,(H,17,23)(H,19,22)(H2,18,20,26)/t10-/m0/s1. The summed E-state index contributed by atoms with van der Waals surface area (Å²) in [4.78, 5) is 34.0. The number of carbonyl (C=O) groups is 2. The minimum atomic E-state index is -0.764. The highest BCUT2D eigenvalue weighted by Gasteiger charge is 2.20. The van der Waals surface area contributed by atoms with Crippen molar-refractivity contribution in [3.05, 3.63) is 58.7 Å². The summed E-state index contributed by atoms with van der Waals surface area (Å²) in [5.74, 6) is -1.12. The van der Waals surface area contributed by atoms with E-state index in [9.17, 15) is 19.7 Å². The van der Waals surface area contributed by atoms with Crippen molar-refractivity contribution in [3.63, 3.8) is 0 Å². The van der Waals surface area contributed by atoms with Gasteiger partial charge >= 0.3 is 0 Å². The number of benzene rings is 1. The maximum absolute atomic E-state index is 12.0. The molecule has 26 heavy (non-hydrogen) atoms. The van der Waals surface area contributed by atoms with Crippen LogP contribution in [0, 0.1) is 16.0 Å². The maximum Gasteiger partial charge on any atom is 0.269 e. The van der Waals surface area contributed by atoms with E-state index in [0.717, 1.165) is 0 Å². The Bertz CT molecular complexity index is 763. The Kier molecular flexibility index (Phi) is 6.39. The third kappa shape index (κ3) is 5.38. The summed E-state index contributed by atoms with van der Waals surface area (Å²) < 4.78 is 0. The molecule has 0 fully saturated rings. The van der Waals surface area contributed by atoms with Gasteiger partial charge in [-0.05, 0) is 31.3 Å². The van der Waals surface area contributed by atoms with Gasteiger partial charge < -0.3 is 10.6 Å². The van der Waals surface area contributed by atoms with E-state index in [-0.39, 0.29) is 22.6 Å². The van der Waals surface area contributed by atoms with Gasteiger partial charge in [-0.3, -0.25) is 30.6 Å². The molecule has 2 rings (SSSR count). The molecule has 0 bridgehead atoms. The number of nitro groups is 1. The molecule has 9 nitrogen and oxygen atoms in total. The molecule has 0 spiro atoms. The molecule has 0 heterocycles. The van der Waals surface area contributed by atoms with E-state index >= 15 is 0 Å². The van der Waals surface area contributed by atoms with Gasteiger partial charge in [0.15, 0.2) is 5.11 Å². The molecule has 136 valence electrons. The Hall–Kier alpha value is -3.27. The van der Waals surface area contributed by atoms with Crippen molar-refractivity contribution in [1.29, 1.82) is 0 Å². The maximum atomic E-state index is 12.0. The van der Waals surface area contributed by atoms with Crippen LogP contribution in [0.25, 0.3) is 0 Å². The predicted molar refractivity (Wildman–Crippen MR) is 100.0 cm³/mol. The van der Waals surface area contributed by atoms with Gasteiger partial charge in [0.2, 0.25) is 5.91 Å². The monoisotopic (exact) mass is 375 g/mol. The van der Waals surface area contributed by atoms with E-state index in [1.807, 2.05) is 0 Å². The van der Waals surface area contributed by atoms with Crippen LogP contribution in [0.3, 0.4) is 0 Å². The first-order valence-corrected chi connectivity index (χ1v) is 8.04. The van der Waals surface area contributed by atoms with Crippen molar-refractivity contribution >= 4 is 40.5 Å². The normalized spacial score (nSPS) is 13.7. The number of hydrogen-bond donors (Lipinski definition) is 4. The molecule has 10 heteroatoms. The van der Waals surface area contributed by atoms with Gasteiger partial charge in [-0.15, -0.1) is 0 Å². The summed E-state index contributed by atoms with van der Waals surface area (Å²) in [5, 5.41) is 16.0. The van der Waals surface area contributed by atoms with Crippen molar-refractivity contribution in [2.24, 2.45) is 5.92 Å². The Morgan fingerprint density at radius 3 is 2.35 bits per heavy atom. The lowest BCUT2D eigenvalue weighted by Gasteiger charge is -2.17. The van der Waals surface area contributed by atoms with Crippen molar-refractivity contribution in [3.8, 4) is 0 Å². The molecule has 0 aliphatic heterocycles. The molecule has 1 atom stereocenters. The third-order valence-corrected chi connectivity index (χ3v) is 3.64. The molecule has 1 aliphatic carbocycles. The zero-order valence-electron chi connectivity index (χ0n) is 13.8. The molecule has 1 aromatic rings. The van der Waals surface area contributed by atoms with Crippen LogP contribution in [0.1, 0.15) is 6.92 Å². The van der Waals surface area contributed by atoms with Crippen molar-refractivity contribution < 1.29 is 14.5 Å². The molecule has 4 N–H and O–H groups in total. The Morgan fingerprint density at radius 1 is 1.15 bits per heavy atom. The molecule has 1 aliphatic rings. The Morgan fingerprint density at radius 2 is 1.77 bits per heavy atom. The van der Waals surface area contributed by atoms with E-state index in [2.05, 4.69) is 21.5 Å². The van der Waals surface area contributed by atoms with Gasteiger partial charge in [-0.2, -0.15) is 0 Å². The van der Waals surface area contributed by atoms with Crippen LogP contribution in [0.2, 0.25) is 0 Å². The minimum Gasteiger partial charge on any atom is -0.344 e. The number of hydrazine groups is 1. The number of non-ortho nitro benzene ring substituents is 1. The fourth-order valence-corrected chi connectivity index (χ4v) is 2.21. The van der Waals surface area contributed by atoms with E-state index in [1.165, 1.54) is 24.3 Å². The highest BCUT2D eigenvalue weighted by molar-refractivity contribution is 7.80. The number of hydrogen-bond acceptors (Lipinski definition) is 5. The quantitative estimate of drug-likeness (QED) is 0.346. The fourth-order valence-electron chi connectivity index (χ4n) is 2.04. The SMILES string of the molecule is C[C@H](NC(=O)C1C=CC=C1)C(=O)NNC(=S)Nc1ccc([N+](=O)[O-])cc1. The molecule has 1 aromatic carbocycles. The summed E-state index contributed by atoms with van der Waals surface area (Å²) in [6.07, 6.45) is 6.97. The highest BCUT2D eigenvalue weighted by atomic mass is 32.1. The van der Waals surface area contributed by atoms with Gasteiger partial charge in [-0.25, -0.2) is 0 Å². The van der Waals surface area contributed by atoms with Gasteiger partial charge in [0.05, 0.1) is 10.8 Å². The molecule has 0 saturated carbocycles. The smallest absolute Gasteiger partial charge is 0.269 e. The van der Waals surface area contributed by atoms with Crippen LogP contribution in [0.15, 0.2) is 48.6 Å². The number of allylic oxidation sites excluding steroid dienone is 2. The second-order valence-electron chi connectivity index (χ2n) is 5.40. The average Bonchev–Trinajstić information content (AvgIpc) is 3.14. The topological polar surface area (TPSA) is 125 Å². The average molecular weight is 375 g/mol. The number of amides is 2. The molecule has 0 aromatic heterocycles. The summed E-state index contributed by atoms with van der Waals surface area (Å²) in [7, 11) is 0. The highest BCUT2D eigenvalue weighted by Crippen LogP contribution is 2.15. The van der Waals surface area contributed by atoms with E-state index in [4.69, 9.17) is 12.2 Å². The molecular formula is C16H17N5O4S. The van der Waals surface area contributed by atoms with Crippen LogP contribution in [-0.4, -0.2) is 27.9 Å². The third-order valence-electron chi connectivity index (χ3n) is 3.44. The number of nitro benzene ring substituents is 1. The lowest BCUT2D eigenvalue weighted by molar-refractivity contribution is -0.384. The van der Waals surface area contributed by atoms with E-state index in [1.54, 1.807) is 31.2 Å². The second-order valence-corrected chi connectivity index (χ2v) is 5.81. The molecule has 0 radical (unpaired) electrons. The molecule has 2 amide bonds. The fraction of sp³-hybridized carbons (Fsp3) is 0.188. The number of thiocarbonyl (C=S) groups is 1. The van der Waals surface area contributed by atoms with Crippen LogP contribution < -0.4 is 21.5 Å². The van der Waals surface area contributed by atoms with E-state index < -0.39 is 16.9 Å². The first-order valence-electron chi connectivity index (χ1n) is 7.63. The summed E-state index contributed by atoms with van der Waals surface area (Å²) in [6, 6.07) is 4.86. The summed E-state index contributed by atoms with van der Waals surface area (Å²) >= 11 is 5.02. The number of nitrogens with zero attached hydrogens (tertiary/aromatic N) is 1. The van der Waals surface area contributed by atoms with E-state index in [0.29, 0.717) is 5.69 Å². The first-order chi connectivity index (χ1) is 12.4. The number of rotatable bonds is 5. The lowest BCUT2D eigenvalue weighted by atomic mass is 10.1. The van der Waals surface area contributed by atoms with Gasteiger partial charge in [0, 0.05) is 17.8 Å². The van der Waals surface area contributed by atoms with Crippen molar-refractivity contribution in [2.45, 2.75) is 13.0 Å². The zero-order valence-corrected chi connectivity index (χ0v) is 14.6. The largest absolute Gasteiger partial charge is 0.344 e. The minimum absolute atomic E-state index is 0.0424. The van der Waals surface area contributed by atoms with Gasteiger partial charge in [0.25, 0.3) is 11.6 Å². The lowest BCUT2D eigenvalue weighted by Crippen LogP contribution is -2.52. The number of carbonyl (C=O) groups excluding carboxylic acids is 2. The van der Waals surface area contributed by atoms with Crippen LogP contribution in [0.5, 0.6) is 0 Å². The zero-order chi connectivity index (χ0) is 19.1. The van der Waals surface area contributed by atoms with Crippen molar-refractivity contribution in [2.75, 3.05) is 5.32 Å². The number of nitrogens with one attached hydrogen (secondary N) is 4. The Labute approximate surface area is 154 Å². The van der Waals surface area contributed by atoms with Crippen LogP contribution in [-0.2, 0) is 9.59 Å². The molecule has 0 unspecified atom stereocenters. The van der Waals surface area contributed by atoms with Crippen molar-refractivity contribution in [1.82, 2.24) is 16.2 Å². The number of anilines is 1. The van der Waals surface area contributed by atoms with Crippen LogP contribution in [0.4, 0.5) is 11.4 Å². The summed E-state index contributed by atoms with van der Waals surface area (Å²) in [5.41, 5.74) is 5.35. The first kappa shape index (κ1) is 19.1. The van der Waals surface area contributed by atoms with Gasteiger partial charge in [0.1, 0.15) is 6.04 Å². The van der Waals surface area contributed by atoms with Crippen LogP contribution >= 0.6 is 12.2 Å².